The maximum absolute atomic E-state index is 12.4. The van der Waals surface area contributed by atoms with Gasteiger partial charge in [-0.3, -0.25) is 14.4 Å². The van der Waals surface area contributed by atoms with Gasteiger partial charge < -0.3 is 10.1 Å². The van der Waals surface area contributed by atoms with E-state index in [2.05, 4.69) is 29.2 Å². The maximum Gasteiger partial charge on any atom is 0.241 e. The van der Waals surface area contributed by atoms with E-state index in [1.54, 1.807) is 4.68 Å². The smallest absolute Gasteiger partial charge is 0.241 e. The number of nitrogens with zero attached hydrogens (tertiary/aromatic N) is 3. The number of ether oxygens (including phenoxy) is 1. The van der Waals surface area contributed by atoms with Crippen LogP contribution in [0.1, 0.15) is 20.3 Å². The maximum atomic E-state index is 12.4. The van der Waals surface area contributed by atoms with Gasteiger partial charge in [0, 0.05) is 36.8 Å². The molecule has 6 nitrogen and oxygen atoms in total. The first-order valence-corrected chi connectivity index (χ1v) is 9.15. The van der Waals surface area contributed by atoms with Crippen molar-refractivity contribution in [3.63, 3.8) is 0 Å². The molecular weight excluding hydrogens is 316 g/mol. The number of benzene rings is 1. The fraction of sp³-hybridized carbons (Fsp3) is 0.579. The molecule has 0 radical (unpaired) electrons. The van der Waals surface area contributed by atoms with Crippen molar-refractivity contribution < 1.29 is 9.53 Å². The van der Waals surface area contributed by atoms with Crippen LogP contribution in [0.2, 0.25) is 0 Å². The van der Waals surface area contributed by atoms with Crippen molar-refractivity contribution in [3.8, 4) is 0 Å². The van der Waals surface area contributed by atoms with Gasteiger partial charge in [-0.2, -0.15) is 5.10 Å². The first-order chi connectivity index (χ1) is 12.1. The highest BCUT2D eigenvalue weighted by molar-refractivity contribution is 5.79. The quantitative estimate of drug-likeness (QED) is 0.918. The minimum absolute atomic E-state index is 0.0268. The fourth-order valence-electron chi connectivity index (χ4n) is 3.92. The molecule has 2 fully saturated rings. The van der Waals surface area contributed by atoms with Crippen molar-refractivity contribution in [2.75, 3.05) is 19.7 Å². The standard InChI is InChI=1S/C19H26N4O2/c1-13(2)18-10-22-9-15(7-16(22)12-25-18)20-19(24)11-23-8-14-5-3-4-6-17(14)21-23/h3-6,8,13,15-16,18H,7,9-12H2,1-2H3,(H,20,24)/t15-,16+,18+/m1/s1. The Morgan fingerprint density at radius 2 is 2.20 bits per heavy atom. The van der Waals surface area contributed by atoms with E-state index in [9.17, 15) is 4.79 Å². The van der Waals surface area contributed by atoms with Crippen LogP contribution in [-0.4, -0.2) is 58.5 Å². The summed E-state index contributed by atoms with van der Waals surface area (Å²) in [5.74, 6) is 0.558. The van der Waals surface area contributed by atoms with Crippen molar-refractivity contribution in [1.29, 1.82) is 0 Å². The Balaban J connectivity index is 1.32. The van der Waals surface area contributed by atoms with E-state index in [-0.39, 0.29) is 18.5 Å². The largest absolute Gasteiger partial charge is 0.375 e. The summed E-state index contributed by atoms with van der Waals surface area (Å²) in [5, 5.41) is 8.69. The van der Waals surface area contributed by atoms with E-state index in [1.807, 2.05) is 30.5 Å². The molecule has 6 heteroatoms. The predicted octanol–water partition coefficient (Wildman–Crippen LogP) is 1.65. The molecule has 2 aliphatic rings. The van der Waals surface area contributed by atoms with Crippen LogP contribution in [0.25, 0.3) is 10.9 Å². The van der Waals surface area contributed by atoms with Crippen molar-refractivity contribution in [2.45, 2.75) is 45.0 Å². The highest BCUT2D eigenvalue weighted by Gasteiger charge is 2.38. The summed E-state index contributed by atoms with van der Waals surface area (Å²) >= 11 is 0. The lowest BCUT2D eigenvalue weighted by molar-refractivity contribution is -0.122. The number of hydrogen-bond acceptors (Lipinski definition) is 4. The summed E-state index contributed by atoms with van der Waals surface area (Å²) in [6, 6.07) is 8.56. The number of rotatable bonds is 4. The monoisotopic (exact) mass is 342 g/mol. The van der Waals surface area contributed by atoms with Gasteiger partial charge in [0.2, 0.25) is 5.91 Å². The van der Waals surface area contributed by atoms with Gasteiger partial charge in [0.25, 0.3) is 0 Å². The van der Waals surface area contributed by atoms with Crippen molar-refractivity contribution >= 4 is 16.8 Å². The Kier molecular flexibility index (Phi) is 4.48. The second kappa shape index (κ2) is 6.77. The lowest BCUT2D eigenvalue weighted by Gasteiger charge is -2.36. The molecule has 2 aliphatic heterocycles. The SMILES string of the molecule is CC(C)[C@@H]1CN2C[C@H](NC(=O)Cn3cc4ccccc4n3)C[C@H]2CO1. The van der Waals surface area contributed by atoms with E-state index in [1.165, 1.54) is 0 Å². The van der Waals surface area contributed by atoms with Crippen LogP contribution in [0.15, 0.2) is 30.5 Å². The average molecular weight is 342 g/mol. The summed E-state index contributed by atoms with van der Waals surface area (Å²) in [6.45, 7) is 7.34. The third-order valence-corrected chi connectivity index (χ3v) is 5.32. The van der Waals surface area contributed by atoms with Gasteiger partial charge in [-0.15, -0.1) is 0 Å². The topological polar surface area (TPSA) is 59.4 Å². The normalized spacial score (nSPS) is 26.9. The van der Waals surface area contributed by atoms with Crippen LogP contribution in [0.3, 0.4) is 0 Å². The summed E-state index contributed by atoms with van der Waals surface area (Å²) in [5.41, 5.74) is 0.921. The molecule has 1 aromatic carbocycles. The van der Waals surface area contributed by atoms with Crippen LogP contribution in [0.4, 0.5) is 0 Å². The van der Waals surface area contributed by atoms with Crippen LogP contribution in [-0.2, 0) is 16.1 Å². The lowest BCUT2D eigenvalue weighted by atomic mass is 10.0. The summed E-state index contributed by atoms with van der Waals surface area (Å²) < 4.78 is 7.69. The fourth-order valence-corrected chi connectivity index (χ4v) is 3.92. The van der Waals surface area contributed by atoms with Crippen molar-refractivity contribution in [3.05, 3.63) is 30.5 Å². The zero-order chi connectivity index (χ0) is 17.4. The lowest BCUT2D eigenvalue weighted by Crippen LogP contribution is -2.48. The number of fused-ring (bicyclic) bond motifs is 2. The van der Waals surface area contributed by atoms with Gasteiger partial charge in [0.05, 0.1) is 18.2 Å². The molecule has 1 amide bonds. The second-order valence-corrected chi connectivity index (χ2v) is 7.61. The molecule has 25 heavy (non-hydrogen) atoms. The van der Waals surface area contributed by atoms with Crippen LogP contribution in [0.5, 0.6) is 0 Å². The van der Waals surface area contributed by atoms with Crippen LogP contribution >= 0.6 is 0 Å². The van der Waals surface area contributed by atoms with Gasteiger partial charge in [-0.05, 0) is 18.4 Å². The number of aromatic nitrogens is 2. The number of hydrogen-bond donors (Lipinski definition) is 1. The van der Waals surface area contributed by atoms with Gasteiger partial charge in [-0.1, -0.05) is 32.0 Å². The highest BCUT2D eigenvalue weighted by atomic mass is 16.5. The average Bonchev–Trinajstić information content (AvgIpc) is 3.15. The van der Waals surface area contributed by atoms with E-state index >= 15 is 0 Å². The summed E-state index contributed by atoms with van der Waals surface area (Å²) in [6.07, 6.45) is 3.20. The number of nitrogens with one attached hydrogen (secondary N) is 1. The third-order valence-electron chi connectivity index (χ3n) is 5.32. The van der Waals surface area contributed by atoms with Crippen LogP contribution < -0.4 is 5.32 Å². The molecular formula is C19H26N4O2. The van der Waals surface area contributed by atoms with Gasteiger partial charge in [-0.25, -0.2) is 0 Å². The predicted molar refractivity (Wildman–Crippen MR) is 96.2 cm³/mol. The molecule has 2 saturated heterocycles. The van der Waals surface area contributed by atoms with E-state index in [4.69, 9.17) is 4.74 Å². The molecule has 0 saturated carbocycles. The molecule has 3 heterocycles. The first kappa shape index (κ1) is 16.5. The number of carbonyl (C=O) groups excluding carboxylic acids is 1. The van der Waals surface area contributed by atoms with E-state index in [0.717, 1.165) is 37.0 Å². The number of carbonyl (C=O) groups is 1. The molecule has 0 spiro atoms. The molecule has 0 unspecified atom stereocenters. The summed E-state index contributed by atoms with van der Waals surface area (Å²) in [4.78, 5) is 14.9. The zero-order valence-corrected chi connectivity index (χ0v) is 14.9. The van der Waals surface area contributed by atoms with Gasteiger partial charge in [0.1, 0.15) is 6.54 Å². The minimum atomic E-state index is 0.0268. The zero-order valence-electron chi connectivity index (χ0n) is 14.9. The minimum Gasteiger partial charge on any atom is -0.375 e. The number of amides is 1. The van der Waals surface area contributed by atoms with Gasteiger partial charge in [0.15, 0.2) is 0 Å². The number of morpholine rings is 1. The highest BCUT2D eigenvalue weighted by Crippen LogP contribution is 2.25. The molecule has 3 atom stereocenters. The van der Waals surface area contributed by atoms with Crippen molar-refractivity contribution in [1.82, 2.24) is 20.0 Å². The molecule has 1 aromatic heterocycles. The Morgan fingerprint density at radius 3 is 3.00 bits per heavy atom. The van der Waals surface area contributed by atoms with Crippen molar-refractivity contribution in [2.24, 2.45) is 5.92 Å². The Labute approximate surface area is 148 Å². The Morgan fingerprint density at radius 1 is 1.36 bits per heavy atom. The Bertz CT molecular complexity index is 724. The molecule has 1 N–H and O–H groups in total. The first-order valence-electron chi connectivity index (χ1n) is 9.15. The van der Waals surface area contributed by atoms with E-state index in [0.29, 0.717) is 18.1 Å². The van der Waals surface area contributed by atoms with Crippen LogP contribution in [0, 0.1) is 5.92 Å². The molecule has 0 bridgehead atoms. The Hall–Kier alpha value is -1.92. The molecule has 0 aliphatic carbocycles. The van der Waals surface area contributed by atoms with Gasteiger partial charge >= 0.3 is 0 Å². The third kappa shape index (κ3) is 3.55. The second-order valence-electron chi connectivity index (χ2n) is 7.61. The molecule has 2 aromatic rings. The van der Waals surface area contributed by atoms with E-state index < -0.39 is 0 Å². The summed E-state index contributed by atoms with van der Waals surface area (Å²) in [7, 11) is 0. The molecule has 4 rings (SSSR count). The molecule has 134 valence electrons.